The van der Waals surface area contributed by atoms with Gasteiger partial charge in [-0.3, -0.25) is 9.69 Å². The van der Waals surface area contributed by atoms with E-state index in [0.29, 0.717) is 28.7 Å². The zero-order valence-electron chi connectivity index (χ0n) is 16.5. The van der Waals surface area contributed by atoms with Crippen molar-refractivity contribution in [2.24, 2.45) is 0 Å². The maximum atomic E-state index is 12.9. The molecular weight excluding hydrogens is 419 g/mol. The second kappa shape index (κ2) is 11.1. The molecule has 0 aliphatic rings. The third kappa shape index (κ3) is 5.83. The van der Waals surface area contributed by atoms with E-state index in [1.165, 1.54) is 0 Å². The van der Waals surface area contributed by atoms with Crippen molar-refractivity contribution in [2.45, 2.75) is 12.5 Å². The predicted octanol–water partition coefficient (Wildman–Crippen LogP) is 5.41. The molecule has 3 rings (SSSR count). The van der Waals surface area contributed by atoms with Crippen molar-refractivity contribution in [2.75, 3.05) is 25.0 Å². The van der Waals surface area contributed by atoms with Gasteiger partial charge in [0.15, 0.2) is 0 Å². The van der Waals surface area contributed by atoms with Crippen molar-refractivity contribution in [1.29, 1.82) is 0 Å². The molecule has 0 aliphatic carbocycles. The molecule has 0 saturated carbocycles. The number of benzene rings is 3. The Morgan fingerprint density at radius 3 is 2.07 bits per heavy atom. The van der Waals surface area contributed by atoms with Crippen LogP contribution in [0.3, 0.4) is 0 Å². The summed E-state index contributed by atoms with van der Waals surface area (Å²) < 4.78 is 0. The van der Waals surface area contributed by atoms with E-state index in [4.69, 9.17) is 23.2 Å². The summed E-state index contributed by atoms with van der Waals surface area (Å²) in [6, 6.07) is 25.1. The SMILES string of the molecule is O=C(CN(CCCO)C(c1ccccc1)c1ccccc1)Nc1cccc(Cl)c1Cl. The average molecular weight is 443 g/mol. The summed E-state index contributed by atoms with van der Waals surface area (Å²) in [6.07, 6.45) is 0.557. The number of hydrogen-bond donors (Lipinski definition) is 2. The monoisotopic (exact) mass is 442 g/mol. The summed E-state index contributed by atoms with van der Waals surface area (Å²) in [5.74, 6) is -0.200. The molecule has 0 fully saturated rings. The second-order valence-electron chi connectivity index (χ2n) is 6.92. The van der Waals surface area contributed by atoms with Crippen LogP contribution in [-0.2, 0) is 4.79 Å². The molecule has 0 heterocycles. The molecule has 2 N–H and O–H groups in total. The first-order chi connectivity index (χ1) is 14.6. The summed E-state index contributed by atoms with van der Waals surface area (Å²) in [6.45, 7) is 0.744. The van der Waals surface area contributed by atoms with E-state index >= 15 is 0 Å². The van der Waals surface area contributed by atoms with Gasteiger partial charge in [-0.05, 0) is 29.7 Å². The molecule has 0 unspecified atom stereocenters. The first kappa shape index (κ1) is 22.3. The number of rotatable bonds is 9. The fourth-order valence-corrected chi connectivity index (χ4v) is 3.78. The summed E-state index contributed by atoms with van der Waals surface area (Å²) in [4.78, 5) is 15.0. The molecule has 0 aliphatic heterocycles. The predicted molar refractivity (Wildman–Crippen MR) is 123 cm³/mol. The van der Waals surface area contributed by atoms with Crippen LogP contribution in [0.4, 0.5) is 5.69 Å². The van der Waals surface area contributed by atoms with Gasteiger partial charge in [-0.2, -0.15) is 0 Å². The Morgan fingerprint density at radius 2 is 1.50 bits per heavy atom. The third-order valence-electron chi connectivity index (χ3n) is 4.77. The topological polar surface area (TPSA) is 52.6 Å². The molecule has 4 nitrogen and oxygen atoms in total. The number of aliphatic hydroxyl groups is 1. The van der Waals surface area contributed by atoms with Crippen LogP contribution < -0.4 is 5.32 Å². The van der Waals surface area contributed by atoms with Crippen molar-refractivity contribution in [3.63, 3.8) is 0 Å². The lowest BCUT2D eigenvalue weighted by Gasteiger charge is -2.32. The molecule has 0 spiro atoms. The van der Waals surface area contributed by atoms with E-state index in [9.17, 15) is 9.90 Å². The van der Waals surface area contributed by atoms with Gasteiger partial charge >= 0.3 is 0 Å². The molecule has 0 aromatic heterocycles. The number of amides is 1. The van der Waals surface area contributed by atoms with Crippen LogP contribution in [0.2, 0.25) is 10.0 Å². The minimum Gasteiger partial charge on any atom is -0.396 e. The molecule has 0 bridgehead atoms. The molecule has 3 aromatic rings. The number of nitrogens with zero attached hydrogens (tertiary/aromatic N) is 1. The summed E-state index contributed by atoms with van der Waals surface area (Å²) >= 11 is 12.3. The van der Waals surface area contributed by atoms with E-state index < -0.39 is 0 Å². The normalized spacial score (nSPS) is 11.1. The number of carbonyl (C=O) groups is 1. The van der Waals surface area contributed by atoms with Crippen LogP contribution in [0.15, 0.2) is 78.9 Å². The average Bonchev–Trinajstić information content (AvgIpc) is 2.77. The number of halogens is 2. The Bertz CT molecular complexity index is 912. The molecule has 1 amide bonds. The van der Waals surface area contributed by atoms with Crippen molar-refractivity contribution in [3.05, 3.63) is 100 Å². The maximum Gasteiger partial charge on any atom is 0.238 e. The van der Waals surface area contributed by atoms with E-state index in [-0.39, 0.29) is 25.1 Å². The Balaban J connectivity index is 1.88. The van der Waals surface area contributed by atoms with Crippen molar-refractivity contribution >= 4 is 34.8 Å². The van der Waals surface area contributed by atoms with Crippen LogP contribution in [0.1, 0.15) is 23.6 Å². The van der Waals surface area contributed by atoms with Gasteiger partial charge in [0.05, 0.1) is 28.3 Å². The van der Waals surface area contributed by atoms with Crippen LogP contribution >= 0.6 is 23.2 Å². The van der Waals surface area contributed by atoms with Crippen molar-refractivity contribution in [1.82, 2.24) is 4.90 Å². The van der Waals surface area contributed by atoms with Crippen molar-refractivity contribution in [3.8, 4) is 0 Å². The largest absolute Gasteiger partial charge is 0.396 e. The minimum absolute atomic E-state index is 0.0501. The Morgan fingerprint density at radius 1 is 0.900 bits per heavy atom. The van der Waals surface area contributed by atoms with Gasteiger partial charge in [0.2, 0.25) is 5.91 Å². The third-order valence-corrected chi connectivity index (χ3v) is 5.59. The van der Waals surface area contributed by atoms with Gasteiger partial charge in [-0.15, -0.1) is 0 Å². The van der Waals surface area contributed by atoms with E-state index in [1.807, 2.05) is 36.4 Å². The second-order valence-corrected chi connectivity index (χ2v) is 7.71. The first-order valence-corrected chi connectivity index (χ1v) is 10.5. The number of carbonyl (C=O) groups excluding carboxylic acids is 1. The lowest BCUT2D eigenvalue weighted by atomic mass is 9.96. The van der Waals surface area contributed by atoms with E-state index in [0.717, 1.165) is 11.1 Å². The number of hydrogen-bond acceptors (Lipinski definition) is 3. The van der Waals surface area contributed by atoms with Crippen LogP contribution in [-0.4, -0.2) is 35.6 Å². The van der Waals surface area contributed by atoms with Crippen LogP contribution in [0, 0.1) is 0 Å². The molecule has 156 valence electrons. The highest BCUT2D eigenvalue weighted by atomic mass is 35.5. The Hall–Kier alpha value is -2.37. The lowest BCUT2D eigenvalue weighted by molar-refractivity contribution is -0.117. The molecule has 0 atom stereocenters. The molecule has 0 radical (unpaired) electrons. The lowest BCUT2D eigenvalue weighted by Crippen LogP contribution is -2.38. The van der Waals surface area contributed by atoms with Gasteiger partial charge in [0.1, 0.15) is 0 Å². The molecular formula is C24H24Cl2N2O2. The highest BCUT2D eigenvalue weighted by Gasteiger charge is 2.24. The highest BCUT2D eigenvalue weighted by molar-refractivity contribution is 6.44. The van der Waals surface area contributed by atoms with E-state index in [2.05, 4.69) is 34.5 Å². The van der Waals surface area contributed by atoms with Crippen LogP contribution in [0.5, 0.6) is 0 Å². The fourth-order valence-electron chi connectivity index (χ4n) is 3.43. The van der Waals surface area contributed by atoms with Crippen molar-refractivity contribution < 1.29 is 9.90 Å². The summed E-state index contributed by atoms with van der Waals surface area (Å²) in [7, 11) is 0. The standard InChI is InChI=1S/C24H24Cl2N2O2/c25-20-13-7-14-21(23(20)26)27-22(30)17-28(15-8-16-29)24(18-9-3-1-4-10-18)19-11-5-2-6-12-19/h1-7,9-14,24,29H,8,15-17H2,(H,27,30). The minimum atomic E-state index is -0.200. The number of aliphatic hydroxyl groups excluding tert-OH is 1. The van der Waals surface area contributed by atoms with Gasteiger partial charge < -0.3 is 10.4 Å². The first-order valence-electron chi connectivity index (χ1n) is 9.79. The molecule has 6 heteroatoms. The smallest absolute Gasteiger partial charge is 0.238 e. The van der Waals surface area contributed by atoms with E-state index in [1.54, 1.807) is 18.2 Å². The number of anilines is 1. The fraction of sp³-hybridized carbons (Fsp3) is 0.208. The maximum absolute atomic E-state index is 12.9. The van der Waals surface area contributed by atoms with Gasteiger partial charge in [-0.25, -0.2) is 0 Å². The Labute approximate surface area is 187 Å². The number of nitrogens with one attached hydrogen (secondary N) is 1. The van der Waals surface area contributed by atoms with Gasteiger partial charge in [0.25, 0.3) is 0 Å². The molecule has 30 heavy (non-hydrogen) atoms. The van der Waals surface area contributed by atoms with Crippen LogP contribution in [0.25, 0.3) is 0 Å². The van der Waals surface area contributed by atoms with Gasteiger partial charge in [-0.1, -0.05) is 89.9 Å². The quantitative estimate of drug-likeness (QED) is 0.465. The Kier molecular flexibility index (Phi) is 8.29. The highest BCUT2D eigenvalue weighted by Crippen LogP contribution is 2.31. The molecule has 0 saturated heterocycles. The zero-order chi connectivity index (χ0) is 21.3. The summed E-state index contributed by atoms with van der Waals surface area (Å²) in [5.41, 5.74) is 2.64. The molecule has 3 aromatic carbocycles. The summed E-state index contributed by atoms with van der Waals surface area (Å²) in [5, 5.41) is 13.0. The zero-order valence-corrected chi connectivity index (χ0v) is 18.0. The van der Waals surface area contributed by atoms with Gasteiger partial charge in [0, 0.05) is 13.2 Å².